The number of ether oxygens (including phenoxy) is 1. The maximum absolute atomic E-state index is 13.1. The van der Waals surface area contributed by atoms with Gasteiger partial charge in [0, 0.05) is 56.7 Å². The fraction of sp³-hybridized carbons (Fsp3) is 0.500. The molecule has 2 aromatic rings. The first-order valence-corrected chi connectivity index (χ1v) is 12.3. The number of piperidine rings is 2. The number of sulfonamides is 1. The van der Waals surface area contributed by atoms with Crippen LogP contribution >= 0.6 is 0 Å². The van der Waals surface area contributed by atoms with E-state index in [2.05, 4.69) is 4.98 Å². The normalized spacial score (nSPS) is 19.1. The van der Waals surface area contributed by atoms with Crippen LogP contribution in [0.1, 0.15) is 42.2 Å². The molecule has 10 heteroatoms. The Hall–Kier alpha value is -2.72. The molecule has 0 aliphatic carbocycles. The van der Waals surface area contributed by atoms with Gasteiger partial charge in [-0.1, -0.05) is 0 Å². The van der Waals surface area contributed by atoms with Crippen molar-refractivity contribution in [3.63, 3.8) is 0 Å². The van der Waals surface area contributed by atoms with Gasteiger partial charge in [-0.15, -0.1) is 0 Å². The number of rotatable bonds is 5. The lowest BCUT2D eigenvalue weighted by Crippen LogP contribution is -2.46. The summed E-state index contributed by atoms with van der Waals surface area (Å²) in [5.74, 6) is -0.423. The van der Waals surface area contributed by atoms with Crippen LogP contribution in [-0.4, -0.2) is 72.3 Å². The minimum absolute atomic E-state index is 0.0996. The van der Waals surface area contributed by atoms with Gasteiger partial charge in [0.05, 0.1) is 7.11 Å². The van der Waals surface area contributed by atoms with Crippen molar-refractivity contribution in [3.8, 4) is 0 Å². The van der Waals surface area contributed by atoms with E-state index in [1.165, 1.54) is 17.6 Å². The number of nitrogens with zero attached hydrogens (tertiary/aromatic N) is 4. The molecular formula is C22H28N4O5S. The van der Waals surface area contributed by atoms with Crippen molar-refractivity contribution in [2.45, 2.75) is 36.6 Å². The van der Waals surface area contributed by atoms with Crippen molar-refractivity contribution in [3.05, 3.63) is 48.5 Å². The molecule has 2 saturated heterocycles. The highest BCUT2D eigenvalue weighted by atomic mass is 32.2. The smallest absolute Gasteiger partial charge is 0.354 e. The topological polar surface area (TPSA) is 102 Å². The summed E-state index contributed by atoms with van der Waals surface area (Å²) >= 11 is 0. The molecule has 4 rings (SSSR count). The number of carbonyl (C=O) groups excluding carboxylic acids is 2. The van der Waals surface area contributed by atoms with Crippen molar-refractivity contribution < 1.29 is 22.7 Å². The first-order chi connectivity index (χ1) is 15.4. The standard InChI is InChI=1S/C22H28N4O5S/c1-31-22(28)20-5-3-11-26(20)18-8-12-24(13-9-18)21(27)17-6-14-25(15-7-17)32(29,30)19-4-2-10-23-16-19/h2-5,10-11,16-18H,6-9,12-15H2,1H3. The van der Waals surface area contributed by atoms with Crippen molar-refractivity contribution in [1.29, 1.82) is 0 Å². The van der Waals surface area contributed by atoms with Gasteiger partial charge in [0.25, 0.3) is 0 Å². The molecule has 0 bridgehead atoms. The second kappa shape index (κ2) is 9.41. The maximum Gasteiger partial charge on any atom is 0.354 e. The molecule has 2 fully saturated rings. The van der Waals surface area contributed by atoms with Crippen LogP contribution in [0, 0.1) is 5.92 Å². The molecule has 0 N–H and O–H groups in total. The van der Waals surface area contributed by atoms with Crippen LogP contribution in [0.15, 0.2) is 47.8 Å². The minimum Gasteiger partial charge on any atom is -0.464 e. The highest BCUT2D eigenvalue weighted by Crippen LogP contribution is 2.29. The second-order valence-electron chi connectivity index (χ2n) is 8.22. The van der Waals surface area contributed by atoms with E-state index >= 15 is 0 Å². The monoisotopic (exact) mass is 460 g/mol. The van der Waals surface area contributed by atoms with Gasteiger partial charge in [-0.25, -0.2) is 13.2 Å². The average Bonchev–Trinajstić information content (AvgIpc) is 3.34. The van der Waals surface area contributed by atoms with Crippen LogP contribution in [0.5, 0.6) is 0 Å². The van der Waals surface area contributed by atoms with E-state index < -0.39 is 10.0 Å². The Kier molecular flexibility index (Phi) is 6.61. The van der Waals surface area contributed by atoms with Gasteiger partial charge < -0.3 is 14.2 Å². The van der Waals surface area contributed by atoms with Crippen molar-refractivity contribution in [2.24, 2.45) is 5.92 Å². The van der Waals surface area contributed by atoms with Gasteiger partial charge in [-0.3, -0.25) is 9.78 Å². The van der Waals surface area contributed by atoms with Crippen LogP contribution in [0.4, 0.5) is 0 Å². The molecule has 0 atom stereocenters. The number of amides is 1. The summed E-state index contributed by atoms with van der Waals surface area (Å²) in [7, 11) is -2.21. The SMILES string of the molecule is COC(=O)c1cccn1C1CCN(C(=O)C2CCN(S(=O)(=O)c3cccnc3)CC2)CC1. The van der Waals surface area contributed by atoms with Gasteiger partial charge in [-0.2, -0.15) is 4.31 Å². The summed E-state index contributed by atoms with van der Waals surface area (Å²) in [5.41, 5.74) is 0.527. The predicted molar refractivity (Wildman–Crippen MR) is 116 cm³/mol. The first-order valence-electron chi connectivity index (χ1n) is 10.9. The Morgan fingerprint density at radius 3 is 2.38 bits per heavy atom. The summed E-state index contributed by atoms with van der Waals surface area (Å²) in [6, 6.07) is 6.87. The molecule has 9 nitrogen and oxygen atoms in total. The fourth-order valence-corrected chi connectivity index (χ4v) is 6.04. The molecule has 0 radical (unpaired) electrons. The lowest BCUT2D eigenvalue weighted by molar-refractivity contribution is -0.138. The number of carbonyl (C=O) groups is 2. The Bertz CT molecular complexity index is 1050. The fourth-order valence-electron chi connectivity index (χ4n) is 4.60. The van der Waals surface area contributed by atoms with Crippen LogP contribution in [0.2, 0.25) is 0 Å². The molecular weight excluding hydrogens is 432 g/mol. The summed E-state index contributed by atoms with van der Waals surface area (Å²) in [6.45, 7) is 1.90. The van der Waals surface area contributed by atoms with E-state index in [1.54, 1.807) is 24.4 Å². The molecule has 2 aliphatic rings. The molecule has 0 aromatic carbocycles. The Balaban J connectivity index is 1.31. The van der Waals surface area contributed by atoms with Gasteiger partial charge in [-0.05, 0) is 49.9 Å². The number of likely N-dealkylation sites (tertiary alicyclic amines) is 1. The van der Waals surface area contributed by atoms with E-state index in [9.17, 15) is 18.0 Å². The third kappa shape index (κ3) is 4.42. The third-order valence-corrected chi connectivity index (χ3v) is 8.30. The molecule has 0 spiro atoms. The summed E-state index contributed by atoms with van der Waals surface area (Å²) in [6.07, 6.45) is 7.33. The van der Waals surface area contributed by atoms with Crippen LogP contribution < -0.4 is 0 Å². The van der Waals surface area contributed by atoms with E-state index in [0.717, 1.165) is 12.8 Å². The number of esters is 1. The van der Waals surface area contributed by atoms with Gasteiger partial charge in [0.15, 0.2) is 0 Å². The number of pyridine rings is 1. The quantitative estimate of drug-likeness (QED) is 0.632. The Morgan fingerprint density at radius 2 is 1.75 bits per heavy atom. The average molecular weight is 461 g/mol. The zero-order valence-electron chi connectivity index (χ0n) is 18.1. The lowest BCUT2D eigenvalue weighted by Gasteiger charge is -2.37. The van der Waals surface area contributed by atoms with Gasteiger partial charge in [0.1, 0.15) is 10.6 Å². The van der Waals surface area contributed by atoms with Gasteiger partial charge in [0.2, 0.25) is 15.9 Å². The lowest BCUT2D eigenvalue weighted by atomic mass is 9.94. The third-order valence-electron chi connectivity index (χ3n) is 6.42. The maximum atomic E-state index is 13.1. The zero-order chi connectivity index (χ0) is 22.7. The summed E-state index contributed by atoms with van der Waals surface area (Å²) in [5, 5.41) is 0. The van der Waals surface area contributed by atoms with Crippen molar-refractivity contribution in [1.82, 2.24) is 18.8 Å². The van der Waals surface area contributed by atoms with Crippen LogP contribution in [-0.2, 0) is 19.6 Å². The first kappa shape index (κ1) is 22.5. The number of hydrogen-bond acceptors (Lipinski definition) is 6. The van der Waals surface area contributed by atoms with Gasteiger partial charge >= 0.3 is 5.97 Å². The molecule has 4 heterocycles. The van der Waals surface area contributed by atoms with Crippen LogP contribution in [0.3, 0.4) is 0 Å². The number of aromatic nitrogens is 2. The van der Waals surface area contributed by atoms with Crippen molar-refractivity contribution >= 4 is 21.9 Å². The highest BCUT2D eigenvalue weighted by Gasteiger charge is 2.35. The Labute approximate surface area is 188 Å². The van der Waals surface area contributed by atoms with E-state index in [4.69, 9.17) is 4.74 Å². The molecule has 172 valence electrons. The van der Waals surface area contributed by atoms with E-state index in [0.29, 0.717) is 44.7 Å². The molecule has 2 aromatic heterocycles. The molecule has 2 aliphatic heterocycles. The molecule has 1 amide bonds. The summed E-state index contributed by atoms with van der Waals surface area (Å²) < 4.78 is 33.8. The molecule has 32 heavy (non-hydrogen) atoms. The predicted octanol–water partition coefficient (Wildman–Crippen LogP) is 1.93. The minimum atomic E-state index is -3.58. The number of hydrogen-bond donors (Lipinski definition) is 0. The van der Waals surface area contributed by atoms with E-state index in [1.807, 2.05) is 21.7 Å². The summed E-state index contributed by atoms with van der Waals surface area (Å²) in [4.78, 5) is 31.0. The van der Waals surface area contributed by atoms with Crippen molar-refractivity contribution in [2.75, 3.05) is 33.3 Å². The molecule has 0 saturated carbocycles. The highest BCUT2D eigenvalue weighted by molar-refractivity contribution is 7.89. The molecule has 0 unspecified atom stereocenters. The zero-order valence-corrected chi connectivity index (χ0v) is 18.9. The van der Waals surface area contributed by atoms with Crippen LogP contribution in [0.25, 0.3) is 0 Å². The number of methoxy groups -OCH3 is 1. The van der Waals surface area contributed by atoms with E-state index in [-0.39, 0.29) is 28.7 Å². The largest absolute Gasteiger partial charge is 0.464 e. The second-order valence-corrected chi connectivity index (χ2v) is 10.2. The Morgan fingerprint density at radius 1 is 1.03 bits per heavy atom.